The number of carbonyl (C=O) groups is 1. The molecule has 0 aliphatic carbocycles. The maximum absolute atomic E-state index is 12.1. The molecule has 142 valence electrons. The number of fused-ring (bicyclic) bond motifs is 2. The van der Waals surface area contributed by atoms with Crippen LogP contribution in [0.5, 0.6) is 0 Å². The lowest BCUT2D eigenvalue weighted by molar-refractivity contribution is -0.118. The highest BCUT2D eigenvalue weighted by Gasteiger charge is 2.07. The van der Waals surface area contributed by atoms with E-state index in [9.17, 15) is 9.59 Å². The first kappa shape index (κ1) is 18.3. The Morgan fingerprint density at radius 3 is 2.75 bits per heavy atom. The first-order chi connectivity index (χ1) is 13.7. The molecule has 6 nitrogen and oxygen atoms in total. The van der Waals surface area contributed by atoms with Gasteiger partial charge in [-0.2, -0.15) is 0 Å². The largest absolute Gasteiger partial charge is 0.361 e. The summed E-state index contributed by atoms with van der Waals surface area (Å²) in [5, 5.41) is 4.71. The van der Waals surface area contributed by atoms with Gasteiger partial charge in [-0.1, -0.05) is 30.3 Å². The fourth-order valence-corrected chi connectivity index (χ4v) is 3.89. The number of amides is 1. The normalized spacial score (nSPS) is 11.1. The molecule has 0 aliphatic heterocycles. The number of aromatic amines is 2. The molecule has 2 heterocycles. The third kappa shape index (κ3) is 4.09. The molecule has 7 heteroatoms. The Hall–Kier alpha value is -3.06. The lowest BCUT2D eigenvalue weighted by Crippen LogP contribution is -2.27. The summed E-state index contributed by atoms with van der Waals surface area (Å²) in [6, 6.07) is 15.4. The van der Waals surface area contributed by atoms with Crippen molar-refractivity contribution in [2.45, 2.75) is 12.2 Å². The fraction of sp³-hybridized carbons (Fsp3) is 0.190. The summed E-state index contributed by atoms with van der Waals surface area (Å²) in [4.78, 5) is 34.6. The molecule has 0 radical (unpaired) electrons. The van der Waals surface area contributed by atoms with Crippen molar-refractivity contribution >= 4 is 39.5 Å². The van der Waals surface area contributed by atoms with E-state index in [4.69, 9.17) is 0 Å². The topological polar surface area (TPSA) is 90.6 Å². The van der Waals surface area contributed by atoms with E-state index in [1.54, 1.807) is 6.07 Å². The summed E-state index contributed by atoms with van der Waals surface area (Å²) in [6.07, 6.45) is 2.77. The highest BCUT2D eigenvalue weighted by atomic mass is 32.2. The number of thioether (sulfide) groups is 1. The van der Waals surface area contributed by atoms with Crippen LogP contribution in [0.15, 0.2) is 59.5 Å². The molecule has 0 bridgehead atoms. The first-order valence-electron chi connectivity index (χ1n) is 9.08. The Morgan fingerprint density at radius 1 is 1.07 bits per heavy atom. The van der Waals surface area contributed by atoms with E-state index < -0.39 is 0 Å². The highest BCUT2D eigenvalue weighted by molar-refractivity contribution is 7.99. The third-order valence-electron chi connectivity index (χ3n) is 4.53. The monoisotopic (exact) mass is 392 g/mol. The number of carbonyl (C=O) groups excluding carboxylic acids is 1. The zero-order valence-electron chi connectivity index (χ0n) is 15.2. The molecular weight excluding hydrogens is 372 g/mol. The van der Waals surface area contributed by atoms with E-state index >= 15 is 0 Å². The Bertz CT molecular complexity index is 1180. The number of aromatic nitrogens is 3. The van der Waals surface area contributed by atoms with Crippen molar-refractivity contribution in [2.24, 2.45) is 0 Å². The Morgan fingerprint density at radius 2 is 1.86 bits per heavy atom. The van der Waals surface area contributed by atoms with Gasteiger partial charge in [-0.3, -0.25) is 9.59 Å². The van der Waals surface area contributed by atoms with Crippen molar-refractivity contribution < 1.29 is 4.79 Å². The van der Waals surface area contributed by atoms with Crippen LogP contribution in [-0.2, 0) is 17.0 Å². The second-order valence-corrected chi connectivity index (χ2v) is 7.47. The fourth-order valence-electron chi connectivity index (χ4n) is 3.17. The van der Waals surface area contributed by atoms with Crippen LogP contribution in [0.1, 0.15) is 11.4 Å². The second-order valence-electron chi connectivity index (χ2n) is 6.48. The van der Waals surface area contributed by atoms with Crippen molar-refractivity contribution in [1.29, 1.82) is 0 Å². The molecule has 0 fully saturated rings. The van der Waals surface area contributed by atoms with E-state index in [-0.39, 0.29) is 11.5 Å². The molecule has 3 N–H and O–H groups in total. The molecule has 28 heavy (non-hydrogen) atoms. The van der Waals surface area contributed by atoms with E-state index in [1.807, 2.05) is 42.6 Å². The molecule has 1 amide bonds. The highest BCUT2D eigenvalue weighted by Crippen LogP contribution is 2.17. The molecule has 0 aliphatic rings. The molecule has 4 aromatic rings. The van der Waals surface area contributed by atoms with E-state index in [2.05, 4.69) is 26.3 Å². The van der Waals surface area contributed by atoms with Gasteiger partial charge in [0.05, 0.1) is 22.4 Å². The van der Waals surface area contributed by atoms with Crippen LogP contribution in [-0.4, -0.2) is 33.2 Å². The third-order valence-corrected chi connectivity index (χ3v) is 5.47. The summed E-state index contributed by atoms with van der Waals surface area (Å²) < 4.78 is 0. The molecule has 0 saturated heterocycles. The van der Waals surface area contributed by atoms with Crippen LogP contribution in [0.2, 0.25) is 0 Å². The van der Waals surface area contributed by atoms with Gasteiger partial charge in [0.15, 0.2) is 0 Å². The molecule has 0 atom stereocenters. The Kier molecular flexibility index (Phi) is 5.43. The first-order valence-corrected chi connectivity index (χ1v) is 10.2. The quantitative estimate of drug-likeness (QED) is 0.451. The van der Waals surface area contributed by atoms with E-state index in [0.717, 1.165) is 11.9 Å². The standard InChI is InChI=1S/C21H20N4O2S/c26-20(22-10-9-14-11-23-17-7-3-1-5-15(14)17)13-28-12-19-24-18-8-4-2-6-16(18)21(27)25-19/h1-8,11,23H,9-10,12-13H2,(H,22,26)(H,24,25,27). The van der Waals surface area contributed by atoms with Gasteiger partial charge in [0.2, 0.25) is 5.91 Å². The van der Waals surface area contributed by atoms with Crippen LogP contribution in [0.4, 0.5) is 0 Å². The number of benzene rings is 2. The van der Waals surface area contributed by atoms with Crippen LogP contribution < -0.4 is 10.9 Å². The maximum atomic E-state index is 12.1. The van der Waals surface area contributed by atoms with E-state index in [0.29, 0.717) is 34.8 Å². The Balaban J connectivity index is 1.25. The molecule has 2 aromatic carbocycles. The van der Waals surface area contributed by atoms with Crippen LogP contribution in [0.25, 0.3) is 21.8 Å². The van der Waals surface area contributed by atoms with Gasteiger partial charge < -0.3 is 15.3 Å². The van der Waals surface area contributed by atoms with Gasteiger partial charge in [0, 0.05) is 23.6 Å². The molecule has 2 aromatic heterocycles. The molecule has 0 unspecified atom stereocenters. The van der Waals surface area contributed by atoms with E-state index in [1.165, 1.54) is 22.7 Å². The van der Waals surface area contributed by atoms with Crippen LogP contribution in [0.3, 0.4) is 0 Å². The lowest BCUT2D eigenvalue weighted by atomic mass is 10.1. The Labute approximate surface area is 165 Å². The molecule has 0 saturated carbocycles. The van der Waals surface area contributed by atoms with Gasteiger partial charge >= 0.3 is 0 Å². The SMILES string of the molecule is O=C(CSCc1nc2ccccc2c(=O)[nH]1)NCCc1c[nH]c2ccccc12. The van der Waals surface area contributed by atoms with Gasteiger partial charge in [-0.05, 0) is 30.2 Å². The van der Waals surface area contributed by atoms with Gasteiger partial charge in [0.1, 0.15) is 5.82 Å². The smallest absolute Gasteiger partial charge is 0.258 e. The van der Waals surface area contributed by atoms with Gasteiger partial charge in [-0.25, -0.2) is 4.98 Å². The molecule has 0 spiro atoms. The number of H-pyrrole nitrogens is 2. The summed E-state index contributed by atoms with van der Waals surface area (Å²) in [7, 11) is 0. The van der Waals surface area contributed by atoms with Crippen molar-refractivity contribution in [3.8, 4) is 0 Å². The number of hydrogen-bond acceptors (Lipinski definition) is 4. The van der Waals surface area contributed by atoms with Crippen molar-refractivity contribution in [2.75, 3.05) is 12.3 Å². The van der Waals surface area contributed by atoms with Crippen LogP contribution >= 0.6 is 11.8 Å². The predicted octanol–water partition coefficient (Wildman–Crippen LogP) is 3.00. The number of rotatable bonds is 7. The zero-order valence-corrected chi connectivity index (χ0v) is 16.0. The number of nitrogens with zero attached hydrogens (tertiary/aromatic N) is 1. The molecular formula is C21H20N4O2S. The maximum Gasteiger partial charge on any atom is 0.258 e. The minimum absolute atomic E-state index is 0.0204. The summed E-state index contributed by atoms with van der Waals surface area (Å²) in [5.74, 6) is 1.37. The number of hydrogen-bond donors (Lipinski definition) is 3. The average molecular weight is 392 g/mol. The molecule has 4 rings (SSSR count). The number of para-hydroxylation sites is 2. The number of nitrogens with one attached hydrogen (secondary N) is 3. The second kappa shape index (κ2) is 8.31. The van der Waals surface area contributed by atoms with Gasteiger partial charge in [0.25, 0.3) is 5.56 Å². The van der Waals surface area contributed by atoms with Crippen LogP contribution in [0, 0.1) is 0 Å². The summed E-state index contributed by atoms with van der Waals surface area (Å²) >= 11 is 1.43. The van der Waals surface area contributed by atoms with Crippen molar-refractivity contribution in [3.05, 3.63) is 76.5 Å². The predicted molar refractivity (Wildman–Crippen MR) is 114 cm³/mol. The summed E-state index contributed by atoms with van der Waals surface area (Å²) in [6.45, 7) is 0.590. The minimum atomic E-state index is -0.149. The van der Waals surface area contributed by atoms with Gasteiger partial charge in [-0.15, -0.1) is 11.8 Å². The van der Waals surface area contributed by atoms with Crippen molar-refractivity contribution in [1.82, 2.24) is 20.3 Å². The minimum Gasteiger partial charge on any atom is -0.361 e. The summed E-state index contributed by atoms with van der Waals surface area (Å²) in [5.41, 5.74) is 2.83. The van der Waals surface area contributed by atoms with Crippen molar-refractivity contribution in [3.63, 3.8) is 0 Å². The lowest BCUT2D eigenvalue weighted by Gasteiger charge is -2.05. The average Bonchev–Trinajstić information content (AvgIpc) is 3.11. The zero-order chi connectivity index (χ0) is 19.3.